The molecule has 0 aromatic heterocycles. The van der Waals surface area contributed by atoms with E-state index in [1.165, 1.54) is 30.2 Å². The first-order valence-corrected chi connectivity index (χ1v) is 7.30. The van der Waals surface area contributed by atoms with Gasteiger partial charge in [0.25, 0.3) is 0 Å². The zero-order valence-corrected chi connectivity index (χ0v) is 12.1. The summed E-state index contributed by atoms with van der Waals surface area (Å²) in [6.45, 7) is 4.32. The highest BCUT2D eigenvalue weighted by atomic mass is 16.1. The van der Waals surface area contributed by atoms with Gasteiger partial charge in [0.15, 0.2) is 0 Å². The second kappa shape index (κ2) is 8.63. The molecule has 0 amide bonds. The molecule has 0 aliphatic rings. The third-order valence-electron chi connectivity index (χ3n) is 3.57. The van der Waals surface area contributed by atoms with Gasteiger partial charge >= 0.3 is 0 Å². The smallest absolute Gasteiger partial charge is 0.138 e. The Bertz CT molecular complexity index is 394. The quantitative estimate of drug-likeness (QED) is 0.651. The summed E-state index contributed by atoms with van der Waals surface area (Å²) in [6, 6.07) is 8.71. The lowest BCUT2D eigenvalue weighted by atomic mass is 9.90. The molecule has 104 valence electrons. The molecule has 2 nitrogen and oxygen atoms in total. The molecule has 0 heterocycles. The molecule has 1 atom stereocenters. The van der Waals surface area contributed by atoms with Crippen molar-refractivity contribution in [2.45, 2.75) is 58.3 Å². The fourth-order valence-electron chi connectivity index (χ4n) is 2.31. The van der Waals surface area contributed by atoms with Gasteiger partial charge in [-0.1, -0.05) is 44.5 Å². The highest BCUT2D eigenvalue weighted by molar-refractivity contribution is 5.90. The molecule has 1 aromatic carbocycles. The van der Waals surface area contributed by atoms with Gasteiger partial charge in [-0.2, -0.15) is 0 Å². The van der Waals surface area contributed by atoms with Crippen molar-refractivity contribution in [3.8, 4) is 0 Å². The van der Waals surface area contributed by atoms with Crippen LogP contribution >= 0.6 is 0 Å². The molecule has 0 aliphatic carbocycles. The summed E-state index contributed by atoms with van der Waals surface area (Å²) in [7, 11) is 0. The number of carbonyl (C=O) groups is 1. The molecule has 19 heavy (non-hydrogen) atoms. The van der Waals surface area contributed by atoms with Gasteiger partial charge in [0.1, 0.15) is 5.78 Å². The number of benzene rings is 1. The number of hydrogen-bond acceptors (Lipinski definition) is 2. The van der Waals surface area contributed by atoms with E-state index in [0.29, 0.717) is 12.3 Å². The van der Waals surface area contributed by atoms with Crippen molar-refractivity contribution in [3.05, 3.63) is 35.4 Å². The Labute approximate surface area is 116 Å². The number of aryl methyl sites for hydroxylation is 1. The summed E-state index contributed by atoms with van der Waals surface area (Å²) in [5.41, 5.74) is 2.63. The molecule has 2 heteroatoms. The highest BCUT2D eigenvalue weighted by Gasteiger charge is 2.13. The van der Waals surface area contributed by atoms with Crippen molar-refractivity contribution in [2.75, 3.05) is 0 Å². The highest BCUT2D eigenvalue weighted by Crippen LogP contribution is 2.24. The Morgan fingerprint density at radius 3 is 2.47 bits per heavy atom. The van der Waals surface area contributed by atoms with Gasteiger partial charge in [-0.25, -0.2) is 0 Å². The van der Waals surface area contributed by atoms with Crippen molar-refractivity contribution in [1.29, 1.82) is 5.41 Å². The normalized spacial score (nSPS) is 12.1. The Kier molecular flexibility index (Phi) is 7.09. The zero-order valence-electron chi connectivity index (χ0n) is 12.1. The number of unbranched alkanes of at least 4 members (excludes halogenated alkanes) is 1. The van der Waals surface area contributed by atoms with E-state index in [9.17, 15) is 4.79 Å². The lowest BCUT2D eigenvalue weighted by Gasteiger charge is -2.14. The molecule has 0 saturated carbocycles. The lowest BCUT2D eigenvalue weighted by molar-refractivity contribution is -0.118. The average Bonchev–Trinajstić information content (AvgIpc) is 2.43. The Hall–Kier alpha value is -1.44. The van der Waals surface area contributed by atoms with Crippen LogP contribution in [0, 0.1) is 5.41 Å². The van der Waals surface area contributed by atoms with Crippen LogP contribution in [0.4, 0.5) is 0 Å². The van der Waals surface area contributed by atoms with Gasteiger partial charge < -0.3 is 5.41 Å². The van der Waals surface area contributed by atoms with Crippen LogP contribution in [-0.4, -0.2) is 12.0 Å². The zero-order chi connectivity index (χ0) is 14.1. The van der Waals surface area contributed by atoms with E-state index in [2.05, 4.69) is 38.1 Å². The van der Waals surface area contributed by atoms with E-state index in [1.807, 2.05) is 0 Å². The minimum atomic E-state index is 0.164. The second-order valence-electron chi connectivity index (χ2n) is 5.10. The van der Waals surface area contributed by atoms with Crippen LogP contribution in [0.1, 0.15) is 63.0 Å². The van der Waals surface area contributed by atoms with Gasteiger partial charge in [-0.3, -0.25) is 4.79 Å². The van der Waals surface area contributed by atoms with Crippen LogP contribution in [0.5, 0.6) is 0 Å². The van der Waals surface area contributed by atoms with Crippen LogP contribution in [-0.2, 0) is 11.2 Å². The summed E-state index contributed by atoms with van der Waals surface area (Å²) in [4.78, 5) is 11.6. The third kappa shape index (κ3) is 5.37. The summed E-state index contributed by atoms with van der Waals surface area (Å²) in [5, 5.41) is 6.99. The van der Waals surface area contributed by atoms with Crippen LogP contribution < -0.4 is 0 Å². The maximum Gasteiger partial charge on any atom is 0.138 e. The van der Waals surface area contributed by atoms with E-state index in [1.54, 1.807) is 0 Å². The van der Waals surface area contributed by atoms with Crippen molar-refractivity contribution < 1.29 is 4.79 Å². The largest absolute Gasteiger partial charge is 0.313 e. The van der Waals surface area contributed by atoms with Crippen molar-refractivity contribution in [3.63, 3.8) is 0 Å². The molecule has 1 N–H and O–H groups in total. The van der Waals surface area contributed by atoms with E-state index in [-0.39, 0.29) is 12.2 Å². The fourth-order valence-corrected chi connectivity index (χ4v) is 2.31. The maximum atomic E-state index is 11.6. The number of nitrogens with one attached hydrogen (secondary N) is 1. The monoisotopic (exact) mass is 259 g/mol. The Morgan fingerprint density at radius 1 is 1.26 bits per heavy atom. The van der Waals surface area contributed by atoms with Gasteiger partial charge in [0.2, 0.25) is 0 Å². The van der Waals surface area contributed by atoms with E-state index < -0.39 is 0 Å². The number of ketones is 1. The molecule has 0 spiro atoms. The summed E-state index contributed by atoms with van der Waals surface area (Å²) in [6.07, 6.45) is 6.58. The number of Topliss-reactive ketones (excluding diaryl/α,β-unsaturated/α-hetero) is 1. The third-order valence-corrected chi connectivity index (χ3v) is 3.57. The average molecular weight is 259 g/mol. The topological polar surface area (TPSA) is 40.9 Å². The van der Waals surface area contributed by atoms with Crippen LogP contribution in [0.2, 0.25) is 0 Å². The van der Waals surface area contributed by atoms with E-state index in [4.69, 9.17) is 5.41 Å². The van der Waals surface area contributed by atoms with Crippen LogP contribution in [0.15, 0.2) is 24.3 Å². The van der Waals surface area contributed by atoms with Gasteiger partial charge in [-0.15, -0.1) is 0 Å². The summed E-state index contributed by atoms with van der Waals surface area (Å²) >= 11 is 0. The standard InChI is InChI=1S/C17H25NO/c1-3-5-6-14-7-9-16(10-8-14)15(4-2)13-17(19)11-12-18/h7-10,12,15,18H,3-6,11,13H2,1-2H3. The molecule has 0 radical (unpaired) electrons. The van der Waals surface area contributed by atoms with Gasteiger partial charge in [0, 0.05) is 19.1 Å². The number of hydrogen-bond donors (Lipinski definition) is 1. The van der Waals surface area contributed by atoms with Crippen LogP contribution in [0.3, 0.4) is 0 Å². The minimum absolute atomic E-state index is 0.164. The molecule has 0 aliphatic heterocycles. The number of carbonyl (C=O) groups excluding carboxylic acids is 1. The van der Waals surface area contributed by atoms with Crippen LogP contribution in [0.25, 0.3) is 0 Å². The van der Waals surface area contributed by atoms with E-state index in [0.717, 1.165) is 12.8 Å². The first-order chi connectivity index (χ1) is 9.21. The van der Waals surface area contributed by atoms with Crippen molar-refractivity contribution in [1.82, 2.24) is 0 Å². The minimum Gasteiger partial charge on any atom is -0.313 e. The molecular formula is C17H25NO. The molecular weight excluding hydrogens is 234 g/mol. The predicted molar refractivity (Wildman–Crippen MR) is 81.1 cm³/mol. The molecule has 0 saturated heterocycles. The van der Waals surface area contributed by atoms with Crippen molar-refractivity contribution in [2.24, 2.45) is 0 Å². The Balaban J connectivity index is 2.65. The van der Waals surface area contributed by atoms with Crippen molar-refractivity contribution >= 4 is 12.0 Å². The predicted octanol–water partition coefficient (Wildman–Crippen LogP) is 4.52. The SMILES string of the molecule is CCCCc1ccc(C(CC)CC(=O)CC=N)cc1. The Morgan fingerprint density at radius 2 is 1.95 bits per heavy atom. The summed E-state index contributed by atoms with van der Waals surface area (Å²) < 4.78 is 0. The molecule has 1 unspecified atom stereocenters. The first-order valence-electron chi connectivity index (χ1n) is 7.30. The summed E-state index contributed by atoms with van der Waals surface area (Å²) in [5.74, 6) is 0.463. The second-order valence-corrected chi connectivity index (χ2v) is 5.10. The molecule has 1 rings (SSSR count). The fraction of sp³-hybridized carbons (Fsp3) is 0.529. The lowest BCUT2D eigenvalue weighted by Crippen LogP contribution is -2.07. The first kappa shape index (κ1) is 15.6. The number of rotatable bonds is 9. The van der Waals surface area contributed by atoms with Gasteiger partial charge in [0.05, 0.1) is 0 Å². The maximum absolute atomic E-state index is 11.6. The molecule has 0 bridgehead atoms. The molecule has 0 fully saturated rings. The van der Waals surface area contributed by atoms with E-state index >= 15 is 0 Å². The van der Waals surface area contributed by atoms with Gasteiger partial charge in [-0.05, 0) is 36.3 Å². The molecule has 1 aromatic rings.